The number of ether oxygens (including phenoxy) is 1. The number of anilines is 1. The van der Waals surface area contributed by atoms with Crippen LogP contribution in [0.25, 0.3) is 0 Å². The summed E-state index contributed by atoms with van der Waals surface area (Å²) in [5.74, 6) is -4.38. The third-order valence-corrected chi connectivity index (χ3v) is 5.14. The molecule has 1 aliphatic rings. The van der Waals surface area contributed by atoms with Gasteiger partial charge in [-0.2, -0.15) is 0 Å². The Labute approximate surface area is 173 Å². The second-order valence-electron chi connectivity index (χ2n) is 8.20. The summed E-state index contributed by atoms with van der Waals surface area (Å²) in [6.07, 6.45) is -2.31. The highest BCUT2D eigenvalue weighted by Crippen LogP contribution is 2.44. The Morgan fingerprint density at radius 2 is 1.73 bits per heavy atom. The van der Waals surface area contributed by atoms with Gasteiger partial charge in [0, 0.05) is 20.1 Å². The van der Waals surface area contributed by atoms with Crippen molar-refractivity contribution < 1.29 is 39.2 Å². The predicted octanol–water partition coefficient (Wildman–Crippen LogP) is 2.46. The molecule has 1 aliphatic heterocycles. The van der Waals surface area contributed by atoms with E-state index in [2.05, 4.69) is 0 Å². The van der Waals surface area contributed by atoms with Gasteiger partial charge < -0.3 is 25.0 Å². The molecule has 1 aromatic carbocycles. The van der Waals surface area contributed by atoms with Gasteiger partial charge in [-0.05, 0) is 38.8 Å². The highest BCUT2D eigenvalue weighted by atomic mass is 16.6. The molecule has 2 atom stereocenters. The van der Waals surface area contributed by atoms with Crippen LogP contribution in [-0.2, 0) is 19.7 Å². The number of piperidine rings is 1. The smallest absolute Gasteiger partial charge is 0.414 e. The Bertz CT molecular complexity index is 863. The van der Waals surface area contributed by atoms with Gasteiger partial charge in [0.05, 0.1) is 11.6 Å². The topological polar surface area (TPSA) is 145 Å². The minimum absolute atomic E-state index is 0.114. The molecule has 0 aliphatic carbocycles. The number of amides is 2. The molecule has 0 bridgehead atoms. The van der Waals surface area contributed by atoms with Crippen molar-refractivity contribution in [3.8, 4) is 0 Å². The molecular weight excluding hydrogens is 396 g/mol. The fourth-order valence-electron chi connectivity index (χ4n) is 3.68. The van der Waals surface area contributed by atoms with Gasteiger partial charge >= 0.3 is 24.1 Å². The first-order valence-corrected chi connectivity index (χ1v) is 9.31. The molecule has 30 heavy (non-hydrogen) atoms. The first-order valence-electron chi connectivity index (χ1n) is 9.31. The Kier molecular flexibility index (Phi) is 6.29. The molecular formula is C20H26N2O8. The fraction of sp³-hybridized carbons (Fsp3) is 0.500. The van der Waals surface area contributed by atoms with Crippen LogP contribution in [0.1, 0.15) is 32.8 Å². The van der Waals surface area contributed by atoms with Crippen LogP contribution in [0.15, 0.2) is 24.3 Å². The minimum Gasteiger partial charge on any atom is -0.481 e. The average Bonchev–Trinajstić information content (AvgIpc) is 2.65. The predicted molar refractivity (Wildman–Crippen MR) is 106 cm³/mol. The summed E-state index contributed by atoms with van der Waals surface area (Å²) < 4.78 is 5.35. The van der Waals surface area contributed by atoms with Gasteiger partial charge in [0.25, 0.3) is 0 Å². The van der Waals surface area contributed by atoms with E-state index in [4.69, 9.17) is 4.74 Å². The quantitative estimate of drug-likeness (QED) is 0.671. The second kappa shape index (κ2) is 8.21. The standard InChI is InChI=1S/C20H26N2O8/c1-19(2,3)30-18(29)21(4)14-8-6-5-7-12(14)20(16(25)26)9-10-22(17(27)28)11-13(20)15(23)24/h5-8,13H,9-11H2,1-4H3,(H,23,24)(H,25,26)(H,27,28). The first kappa shape index (κ1) is 23.0. The zero-order valence-electron chi connectivity index (χ0n) is 17.3. The molecule has 1 fully saturated rings. The van der Waals surface area contributed by atoms with Gasteiger partial charge in [-0.15, -0.1) is 0 Å². The molecule has 10 heteroatoms. The van der Waals surface area contributed by atoms with Gasteiger partial charge in [-0.3, -0.25) is 14.5 Å². The maximum atomic E-state index is 12.6. The van der Waals surface area contributed by atoms with Gasteiger partial charge in [0.2, 0.25) is 0 Å². The summed E-state index contributed by atoms with van der Waals surface area (Å²) in [6.45, 7) is 4.42. The highest BCUT2D eigenvalue weighted by Gasteiger charge is 2.56. The van der Waals surface area contributed by atoms with Gasteiger partial charge in [-0.1, -0.05) is 18.2 Å². The van der Waals surface area contributed by atoms with E-state index in [1.54, 1.807) is 32.9 Å². The van der Waals surface area contributed by atoms with Gasteiger partial charge in [0.1, 0.15) is 11.0 Å². The van der Waals surface area contributed by atoms with Crippen LogP contribution in [0.5, 0.6) is 0 Å². The molecule has 164 valence electrons. The number of benzene rings is 1. The van der Waals surface area contributed by atoms with Crippen LogP contribution in [0.2, 0.25) is 0 Å². The molecule has 0 aromatic heterocycles. The lowest BCUT2D eigenvalue weighted by Crippen LogP contribution is -2.58. The van der Waals surface area contributed by atoms with E-state index in [9.17, 15) is 34.5 Å². The number of aliphatic carboxylic acids is 2. The Balaban J connectivity index is 2.61. The number of hydrogen-bond donors (Lipinski definition) is 3. The van der Waals surface area contributed by atoms with Crippen LogP contribution in [0.4, 0.5) is 15.3 Å². The Hall–Kier alpha value is -3.30. The summed E-state index contributed by atoms with van der Waals surface area (Å²) in [6, 6.07) is 6.11. The maximum absolute atomic E-state index is 12.6. The molecule has 2 unspecified atom stereocenters. The lowest BCUT2D eigenvalue weighted by molar-refractivity contribution is -0.159. The van der Waals surface area contributed by atoms with Crippen LogP contribution < -0.4 is 4.90 Å². The second-order valence-corrected chi connectivity index (χ2v) is 8.20. The fourth-order valence-corrected chi connectivity index (χ4v) is 3.68. The number of nitrogens with zero attached hydrogens (tertiary/aromatic N) is 2. The van der Waals surface area contributed by atoms with Gasteiger partial charge in [0.15, 0.2) is 0 Å². The molecule has 0 spiro atoms. The zero-order chi connectivity index (χ0) is 22.9. The summed E-state index contributed by atoms with van der Waals surface area (Å²) in [7, 11) is 1.41. The molecule has 1 saturated heterocycles. The largest absolute Gasteiger partial charge is 0.481 e. The SMILES string of the molecule is CN(C(=O)OC(C)(C)C)c1ccccc1C1(C(=O)O)CCN(C(=O)O)CC1C(=O)O. The number of carbonyl (C=O) groups excluding carboxylic acids is 1. The third-order valence-electron chi connectivity index (χ3n) is 5.14. The third kappa shape index (κ3) is 4.32. The maximum Gasteiger partial charge on any atom is 0.414 e. The van der Waals surface area contributed by atoms with E-state index < -0.39 is 47.6 Å². The molecule has 0 saturated carbocycles. The highest BCUT2D eigenvalue weighted by molar-refractivity contribution is 5.95. The summed E-state index contributed by atoms with van der Waals surface area (Å²) in [5.41, 5.74) is -2.42. The number of carbonyl (C=O) groups is 4. The molecule has 10 nitrogen and oxygen atoms in total. The van der Waals surface area contributed by atoms with E-state index in [1.165, 1.54) is 19.2 Å². The van der Waals surface area contributed by atoms with Crippen molar-refractivity contribution in [1.82, 2.24) is 4.90 Å². The van der Waals surface area contributed by atoms with Crippen molar-refractivity contribution >= 4 is 29.8 Å². The average molecular weight is 422 g/mol. The van der Waals surface area contributed by atoms with Crippen molar-refractivity contribution in [2.75, 3.05) is 25.0 Å². The first-order chi connectivity index (χ1) is 13.8. The Morgan fingerprint density at radius 3 is 2.23 bits per heavy atom. The molecule has 0 radical (unpaired) electrons. The van der Waals surface area contributed by atoms with Crippen molar-refractivity contribution in [1.29, 1.82) is 0 Å². The summed E-state index contributed by atoms with van der Waals surface area (Å²) in [5, 5.41) is 29.2. The van der Waals surface area contributed by atoms with Crippen LogP contribution in [0.3, 0.4) is 0 Å². The van der Waals surface area contributed by atoms with Crippen LogP contribution >= 0.6 is 0 Å². The number of carboxylic acid groups (broad SMARTS) is 3. The van der Waals surface area contributed by atoms with E-state index in [0.29, 0.717) is 0 Å². The lowest BCUT2D eigenvalue weighted by Gasteiger charge is -2.43. The molecule has 1 aromatic rings. The monoisotopic (exact) mass is 422 g/mol. The number of para-hydroxylation sites is 1. The van der Waals surface area contributed by atoms with Crippen molar-refractivity contribution in [3.05, 3.63) is 29.8 Å². The lowest BCUT2D eigenvalue weighted by atomic mass is 9.65. The molecule has 1 heterocycles. The Morgan fingerprint density at radius 1 is 1.13 bits per heavy atom. The van der Waals surface area contributed by atoms with Crippen molar-refractivity contribution in [2.24, 2.45) is 5.92 Å². The molecule has 2 rings (SSSR count). The van der Waals surface area contributed by atoms with E-state index >= 15 is 0 Å². The summed E-state index contributed by atoms with van der Waals surface area (Å²) >= 11 is 0. The van der Waals surface area contributed by atoms with E-state index in [-0.39, 0.29) is 24.2 Å². The van der Waals surface area contributed by atoms with Crippen LogP contribution in [0, 0.1) is 5.92 Å². The van der Waals surface area contributed by atoms with E-state index in [0.717, 1.165) is 9.80 Å². The number of hydrogen-bond acceptors (Lipinski definition) is 5. The number of likely N-dealkylation sites (tertiary alicyclic amines) is 1. The van der Waals surface area contributed by atoms with Crippen molar-refractivity contribution in [2.45, 2.75) is 38.2 Å². The normalized spacial score (nSPS) is 21.6. The summed E-state index contributed by atoms with van der Waals surface area (Å²) in [4.78, 5) is 50.5. The number of carboxylic acids is 2. The molecule has 3 N–H and O–H groups in total. The van der Waals surface area contributed by atoms with Crippen molar-refractivity contribution in [3.63, 3.8) is 0 Å². The molecule has 2 amide bonds. The zero-order valence-corrected chi connectivity index (χ0v) is 17.3. The van der Waals surface area contributed by atoms with Gasteiger partial charge in [-0.25, -0.2) is 9.59 Å². The van der Waals surface area contributed by atoms with E-state index in [1.807, 2.05) is 0 Å². The van der Waals surface area contributed by atoms with Crippen LogP contribution in [-0.4, -0.2) is 70.1 Å². The number of rotatable bonds is 4. The minimum atomic E-state index is -1.93.